The molecule has 0 saturated heterocycles. The molecule has 0 spiro atoms. The van der Waals surface area contributed by atoms with Gasteiger partial charge in [0.05, 0.1) is 0 Å². The number of amides is 1. The average molecular weight is 184 g/mol. The SMILES string of the molecule is CC(=O)NNC=Nc1nonc1N. The lowest BCUT2D eigenvalue weighted by Crippen LogP contribution is -2.34. The average Bonchev–Trinajstić information content (AvgIpc) is 2.45. The smallest absolute Gasteiger partial charge is 0.242 e. The number of anilines is 1. The summed E-state index contributed by atoms with van der Waals surface area (Å²) >= 11 is 0. The van der Waals surface area contributed by atoms with E-state index < -0.39 is 0 Å². The first kappa shape index (κ1) is 8.97. The molecule has 0 aromatic carbocycles. The van der Waals surface area contributed by atoms with E-state index in [1.807, 2.05) is 0 Å². The summed E-state index contributed by atoms with van der Waals surface area (Å²) in [5, 5.41) is 6.66. The number of hydrazine groups is 1. The van der Waals surface area contributed by atoms with Crippen molar-refractivity contribution in [1.29, 1.82) is 0 Å². The molecule has 0 fully saturated rings. The van der Waals surface area contributed by atoms with E-state index in [-0.39, 0.29) is 17.5 Å². The number of aliphatic imine (C=N–C) groups is 1. The van der Waals surface area contributed by atoms with Crippen LogP contribution in [0.2, 0.25) is 0 Å². The number of rotatable bonds is 3. The fourth-order valence-electron chi connectivity index (χ4n) is 0.508. The highest BCUT2D eigenvalue weighted by atomic mass is 16.6. The van der Waals surface area contributed by atoms with Crippen LogP contribution in [0.5, 0.6) is 0 Å². The summed E-state index contributed by atoms with van der Waals surface area (Å²) in [6.07, 6.45) is 1.21. The zero-order chi connectivity index (χ0) is 9.68. The van der Waals surface area contributed by atoms with Crippen molar-refractivity contribution in [1.82, 2.24) is 21.2 Å². The number of hydrogen-bond donors (Lipinski definition) is 3. The Balaban J connectivity index is 2.41. The van der Waals surface area contributed by atoms with Crippen molar-refractivity contribution in [3.63, 3.8) is 0 Å². The number of carbonyl (C=O) groups excluding carboxylic acids is 1. The number of nitrogens with two attached hydrogens (primary N) is 1. The summed E-state index contributed by atoms with van der Waals surface area (Å²) in [6, 6.07) is 0. The molecule has 0 atom stereocenters. The number of aromatic nitrogens is 2. The van der Waals surface area contributed by atoms with Gasteiger partial charge in [0.25, 0.3) is 0 Å². The Hall–Kier alpha value is -2.12. The van der Waals surface area contributed by atoms with E-state index >= 15 is 0 Å². The Kier molecular flexibility index (Phi) is 2.79. The Morgan fingerprint density at radius 1 is 1.69 bits per heavy atom. The molecule has 1 rings (SSSR count). The van der Waals surface area contributed by atoms with Crippen LogP contribution in [0.25, 0.3) is 0 Å². The summed E-state index contributed by atoms with van der Waals surface area (Å²) in [5.74, 6) is -0.00331. The van der Waals surface area contributed by atoms with Gasteiger partial charge >= 0.3 is 0 Å². The first-order chi connectivity index (χ1) is 6.20. The highest BCUT2D eigenvalue weighted by molar-refractivity contribution is 5.75. The van der Waals surface area contributed by atoms with E-state index in [4.69, 9.17) is 5.73 Å². The van der Waals surface area contributed by atoms with Crippen LogP contribution in [0.3, 0.4) is 0 Å². The number of nitrogen functional groups attached to an aromatic ring is 1. The van der Waals surface area contributed by atoms with E-state index in [1.54, 1.807) is 0 Å². The lowest BCUT2D eigenvalue weighted by atomic mass is 10.7. The van der Waals surface area contributed by atoms with Gasteiger partial charge < -0.3 is 5.73 Å². The van der Waals surface area contributed by atoms with E-state index in [0.29, 0.717) is 0 Å². The van der Waals surface area contributed by atoms with Gasteiger partial charge in [-0.2, -0.15) is 0 Å². The summed E-state index contributed by atoms with van der Waals surface area (Å²) in [6.45, 7) is 1.35. The number of carbonyl (C=O) groups is 1. The van der Waals surface area contributed by atoms with E-state index in [2.05, 4.69) is 30.8 Å². The van der Waals surface area contributed by atoms with Gasteiger partial charge in [-0.05, 0) is 10.3 Å². The second kappa shape index (κ2) is 4.04. The molecule has 1 aromatic rings. The Morgan fingerprint density at radius 3 is 3.00 bits per heavy atom. The lowest BCUT2D eigenvalue weighted by molar-refractivity contribution is -0.119. The van der Waals surface area contributed by atoms with Crippen LogP contribution in [-0.2, 0) is 4.79 Å². The molecule has 1 aromatic heterocycles. The quantitative estimate of drug-likeness (QED) is 0.313. The van der Waals surface area contributed by atoms with E-state index in [0.717, 1.165) is 0 Å². The molecular weight excluding hydrogens is 176 g/mol. The van der Waals surface area contributed by atoms with E-state index in [9.17, 15) is 4.79 Å². The molecule has 0 bridgehead atoms. The van der Waals surface area contributed by atoms with Crippen LogP contribution < -0.4 is 16.6 Å². The van der Waals surface area contributed by atoms with Gasteiger partial charge in [0.15, 0.2) is 0 Å². The topological polar surface area (TPSA) is 118 Å². The van der Waals surface area contributed by atoms with Crippen molar-refractivity contribution in [3.05, 3.63) is 0 Å². The Bertz CT molecular complexity index is 319. The molecule has 70 valence electrons. The second-order valence-corrected chi connectivity index (χ2v) is 2.06. The summed E-state index contributed by atoms with van der Waals surface area (Å²) in [5.41, 5.74) is 9.95. The molecule has 0 aliphatic rings. The van der Waals surface area contributed by atoms with Gasteiger partial charge in [0.1, 0.15) is 6.34 Å². The van der Waals surface area contributed by atoms with Gasteiger partial charge in [-0.15, -0.1) is 0 Å². The second-order valence-electron chi connectivity index (χ2n) is 2.06. The van der Waals surface area contributed by atoms with Gasteiger partial charge in [0, 0.05) is 6.92 Å². The molecule has 0 aliphatic heterocycles. The molecular formula is C5H8N6O2. The molecule has 1 amide bonds. The predicted octanol–water partition coefficient (Wildman–Crippen LogP) is -1.05. The standard InChI is InChI=1S/C5H8N6O2/c1-3(12)9-8-2-7-5-4(6)10-13-11-5/h2H,1H3,(H2,6,10)(H,9,12)(H,7,8,11). The molecule has 13 heavy (non-hydrogen) atoms. The summed E-state index contributed by atoms with van der Waals surface area (Å²) in [4.78, 5) is 14.1. The molecule has 0 aliphatic carbocycles. The van der Waals surface area contributed by atoms with Crippen molar-refractivity contribution in [2.45, 2.75) is 6.92 Å². The predicted molar refractivity (Wildman–Crippen MR) is 43.8 cm³/mol. The first-order valence-electron chi connectivity index (χ1n) is 3.33. The number of nitrogens with zero attached hydrogens (tertiary/aromatic N) is 3. The van der Waals surface area contributed by atoms with Gasteiger partial charge in [-0.1, -0.05) is 0 Å². The molecule has 0 unspecified atom stereocenters. The molecule has 4 N–H and O–H groups in total. The minimum atomic E-state index is -0.238. The third-order valence-corrected chi connectivity index (χ3v) is 0.995. The largest absolute Gasteiger partial charge is 0.378 e. The normalized spacial score (nSPS) is 10.2. The highest BCUT2D eigenvalue weighted by Gasteiger charge is 2.01. The number of nitrogens with one attached hydrogen (secondary N) is 2. The Morgan fingerprint density at radius 2 is 2.46 bits per heavy atom. The van der Waals surface area contributed by atoms with Crippen molar-refractivity contribution in [2.24, 2.45) is 4.99 Å². The zero-order valence-corrected chi connectivity index (χ0v) is 6.81. The van der Waals surface area contributed by atoms with Crippen LogP contribution in [0.1, 0.15) is 6.92 Å². The van der Waals surface area contributed by atoms with Gasteiger partial charge in [0.2, 0.25) is 17.5 Å². The third-order valence-electron chi connectivity index (χ3n) is 0.995. The van der Waals surface area contributed by atoms with Crippen LogP contribution in [0.15, 0.2) is 9.62 Å². The monoisotopic (exact) mass is 184 g/mol. The minimum Gasteiger partial charge on any atom is -0.378 e. The van der Waals surface area contributed by atoms with Gasteiger partial charge in [-0.25, -0.2) is 9.62 Å². The molecule has 8 heteroatoms. The molecule has 1 heterocycles. The van der Waals surface area contributed by atoms with Crippen molar-refractivity contribution >= 4 is 23.9 Å². The highest BCUT2D eigenvalue weighted by Crippen LogP contribution is 2.13. The van der Waals surface area contributed by atoms with Crippen molar-refractivity contribution in [3.8, 4) is 0 Å². The third kappa shape index (κ3) is 2.77. The maximum absolute atomic E-state index is 10.4. The van der Waals surface area contributed by atoms with Crippen LogP contribution >= 0.6 is 0 Å². The zero-order valence-electron chi connectivity index (χ0n) is 6.81. The lowest BCUT2D eigenvalue weighted by Gasteiger charge is -1.96. The summed E-state index contributed by atoms with van der Waals surface area (Å²) in [7, 11) is 0. The van der Waals surface area contributed by atoms with Crippen LogP contribution in [0.4, 0.5) is 11.6 Å². The van der Waals surface area contributed by atoms with Crippen molar-refractivity contribution < 1.29 is 9.42 Å². The van der Waals surface area contributed by atoms with Crippen LogP contribution in [-0.4, -0.2) is 22.6 Å². The minimum absolute atomic E-state index is 0.0841. The molecule has 8 nitrogen and oxygen atoms in total. The van der Waals surface area contributed by atoms with E-state index in [1.165, 1.54) is 13.3 Å². The number of hydrogen-bond acceptors (Lipinski definition) is 6. The molecule has 0 saturated carbocycles. The fourth-order valence-corrected chi connectivity index (χ4v) is 0.508. The van der Waals surface area contributed by atoms with Crippen LogP contribution in [0, 0.1) is 0 Å². The maximum Gasteiger partial charge on any atom is 0.242 e. The first-order valence-corrected chi connectivity index (χ1v) is 3.33. The summed E-state index contributed by atoms with van der Waals surface area (Å²) < 4.78 is 4.27. The van der Waals surface area contributed by atoms with Crippen molar-refractivity contribution in [2.75, 3.05) is 5.73 Å². The Labute approximate surface area is 73.1 Å². The fraction of sp³-hybridized carbons (Fsp3) is 0.200. The molecule has 0 radical (unpaired) electrons. The maximum atomic E-state index is 10.4. The van der Waals surface area contributed by atoms with Gasteiger partial charge in [-0.3, -0.25) is 15.6 Å².